The van der Waals surface area contributed by atoms with Crippen molar-refractivity contribution >= 4 is 23.3 Å². The fourth-order valence-electron chi connectivity index (χ4n) is 1.91. The van der Waals surface area contributed by atoms with E-state index in [1.165, 1.54) is 7.05 Å². The van der Waals surface area contributed by atoms with Crippen LogP contribution in [0, 0.1) is 0 Å². The molecule has 0 aliphatic rings. The fraction of sp³-hybridized carbons (Fsp3) is 0.200. The van der Waals surface area contributed by atoms with Crippen molar-refractivity contribution in [2.24, 2.45) is 0 Å². The number of amides is 3. The Morgan fingerprint density at radius 2 is 1.90 bits per heavy atom. The lowest BCUT2D eigenvalue weighted by molar-refractivity contribution is -0.119. The summed E-state index contributed by atoms with van der Waals surface area (Å²) in [6.45, 7) is 0.0604. The standard InChI is InChI=1S/C15H17N3O2S/c1-16-15(20)18-13(19)10-17-14(12-8-5-9-21-12)11-6-3-2-4-7-11/h2-9,14,17H,10H2,1H3,(H2,16,18,19,20)/t14-/m0/s1. The largest absolute Gasteiger partial charge is 0.341 e. The molecule has 3 amide bonds. The van der Waals surface area contributed by atoms with E-state index >= 15 is 0 Å². The third-order valence-electron chi connectivity index (χ3n) is 2.91. The smallest absolute Gasteiger partial charge is 0.321 e. The Balaban J connectivity index is 2.04. The van der Waals surface area contributed by atoms with Crippen molar-refractivity contribution in [1.29, 1.82) is 0 Å². The zero-order valence-corrected chi connectivity index (χ0v) is 12.4. The molecular weight excluding hydrogens is 286 g/mol. The number of carbonyl (C=O) groups excluding carboxylic acids is 2. The van der Waals surface area contributed by atoms with Crippen molar-refractivity contribution in [3.8, 4) is 0 Å². The molecule has 1 aromatic carbocycles. The highest BCUT2D eigenvalue weighted by molar-refractivity contribution is 7.10. The van der Waals surface area contributed by atoms with Gasteiger partial charge in [-0.25, -0.2) is 4.79 Å². The van der Waals surface area contributed by atoms with E-state index in [1.807, 2.05) is 47.8 Å². The Hall–Kier alpha value is -2.18. The molecule has 0 aliphatic heterocycles. The van der Waals surface area contributed by atoms with Gasteiger partial charge in [-0.15, -0.1) is 11.3 Å². The molecule has 0 aliphatic carbocycles. The summed E-state index contributed by atoms with van der Waals surface area (Å²) in [5, 5.41) is 9.76. The molecule has 5 nitrogen and oxygen atoms in total. The highest BCUT2D eigenvalue weighted by atomic mass is 32.1. The van der Waals surface area contributed by atoms with Crippen LogP contribution >= 0.6 is 11.3 Å². The maximum atomic E-state index is 11.7. The Labute approximate surface area is 127 Å². The van der Waals surface area contributed by atoms with Crippen molar-refractivity contribution in [3.63, 3.8) is 0 Å². The Morgan fingerprint density at radius 3 is 2.52 bits per heavy atom. The van der Waals surface area contributed by atoms with E-state index < -0.39 is 6.03 Å². The van der Waals surface area contributed by atoms with E-state index in [2.05, 4.69) is 16.0 Å². The van der Waals surface area contributed by atoms with Gasteiger partial charge in [0.15, 0.2) is 0 Å². The van der Waals surface area contributed by atoms with Crippen LogP contribution in [0.15, 0.2) is 47.8 Å². The number of thiophene rings is 1. The van der Waals surface area contributed by atoms with Crippen LogP contribution in [0.3, 0.4) is 0 Å². The molecule has 6 heteroatoms. The van der Waals surface area contributed by atoms with Gasteiger partial charge in [-0.1, -0.05) is 36.4 Å². The van der Waals surface area contributed by atoms with Crippen molar-refractivity contribution in [1.82, 2.24) is 16.0 Å². The topological polar surface area (TPSA) is 70.2 Å². The van der Waals surface area contributed by atoms with Crippen LogP contribution in [-0.4, -0.2) is 25.5 Å². The number of hydrogen-bond donors (Lipinski definition) is 3. The molecule has 0 spiro atoms. The number of benzene rings is 1. The quantitative estimate of drug-likeness (QED) is 0.790. The number of urea groups is 1. The lowest BCUT2D eigenvalue weighted by Crippen LogP contribution is -2.42. The molecule has 1 aromatic heterocycles. The molecule has 1 atom stereocenters. The van der Waals surface area contributed by atoms with Crippen molar-refractivity contribution < 1.29 is 9.59 Å². The molecule has 2 rings (SSSR count). The highest BCUT2D eigenvalue weighted by Crippen LogP contribution is 2.25. The van der Waals surface area contributed by atoms with Crippen LogP contribution in [0.25, 0.3) is 0 Å². The lowest BCUT2D eigenvalue weighted by Gasteiger charge is -2.17. The first-order valence-electron chi connectivity index (χ1n) is 6.54. The SMILES string of the molecule is CNC(=O)NC(=O)CN[C@@H](c1ccccc1)c1cccs1. The molecule has 0 saturated heterocycles. The van der Waals surface area contributed by atoms with Crippen molar-refractivity contribution in [3.05, 3.63) is 58.3 Å². The first-order valence-corrected chi connectivity index (χ1v) is 7.42. The average molecular weight is 303 g/mol. The number of nitrogens with one attached hydrogen (secondary N) is 3. The maximum absolute atomic E-state index is 11.7. The van der Waals surface area contributed by atoms with E-state index in [0.29, 0.717) is 0 Å². The average Bonchev–Trinajstić information content (AvgIpc) is 3.02. The van der Waals surface area contributed by atoms with Crippen molar-refractivity contribution in [2.75, 3.05) is 13.6 Å². The van der Waals surface area contributed by atoms with Gasteiger partial charge in [0.1, 0.15) is 0 Å². The van der Waals surface area contributed by atoms with Gasteiger partial charge in [0.25, 0.3) is 0 Å². The van der Waals surface area contributed by atoms with Crippen LogP contribution in [0.1, 0.15) is 16.5 Å². The second-order valence-electron chi connectivity index (χ2n) is 4.37. The molecule has 1 heterocycles. The predicted molar refractivity (Wildman–Crippen MR) is 83.2 cm³/mol. The molecule has 0 saturated carbocycles. The minimum Gasteiger partial charge on any atom is -0.341 e. The molecule has 110 valence electrons. The Morgan fingerprint density at radius 1 is 1.14 bits per heavy atom. The summed E-state index contributed by atoms with van der Waals surface area (Å²) in [5.41, 5.74) is 1.08. The van der Waals surface area contributed by atoms with Crippen LogP contribution in [0.2, 0.25) is 0 Å². The third kappa shape index (κ3) is 4.40. The minimum atomic E-state index is -0.505. The van der Waals surface area contributed by atoms with Crippen LogP contribution in [0.4, 0.5) is 4.79 Å². The predicted octanol–water partition coefficient (Wildman–Crippen LogP) is 1.88. The van der Waals surface area contributed by atoms with E-state index in [9.17, 15) is 9.59 Å². The van der Waals surface area contributed by atoms with E-state index in [-0.39, 0.29) is 18.5 Å². The van der Waals surface area contributed by atoms with E-state index in [1.54, 1.807) is 11.3 Å². The summed E-state index contributed by atoms with van der Waals surface area (Å²) >= 11 is 1.62. The van der Waals surface area contributed by atoms with Gasteiger partial charge < -0.3 is 5.32 Å². The minimum absolute atomic E-state index is 0.0604. The normalized spacial score (nSPS) is 11.7. The summed E-state index contributed by atoms with van der Waals surface area (Å²) in [4.78, 5) is 23.9. The van der Waals surface area contributed by atoms with Gasteiger partial charge in [0.2, 0.25) is 5.91 Å². The van der Waals surface area contributed by atoms with E-state index in [4.69, 9.17) is 0 Å². The number of carbonyl (C=O) groups is 2. The molecule has 0 radical (unpaired) electrons. The summed E-state index contributed by atoms with van der Waals surface area (Å²) in [7, 11) is 1.47. The molecular formula is C15H17N3O2S. The summed E-state index contributed by atoms with van der Waals surface area (Å²) in [6.07, 6.45) is 0. The van der Waals surface area contributed by atoms with Crippen LogP contribution < -0.4 is 16.0 Å². The first kappa shape index (κ1) is 15.2. The molecule has 0 unspecified atom stereocenters. The summed E-state index contributed by atoms with van der Waals surface area (Å²) in [5.74, 6) is -0.369. The van der Waals surface area contributed by atoms with Gasteiger partial charge >= 0.3 is 6.03 Å². The second kappa shape index (κ2) is 7.56. The van der Waals surface area contributed by atoms with Crippen LogP contribution in [-0.2, 0) is 4.79 Å². The van der Waals surface area contributed by atoms with Gasteiger partial charge in [0.05, 0.1) is 12.6 Å². The van der Waals surface area contributed by atoms with Gasteiger partial charge in [-0.2, -0.15) is 0 Å². The molecule has 0 bridgehead atoms. The summed E-state index contributed by atoms with van der Waals surface area (Å²) < 4.78 is 0. The zero-order valence-electron chi connectivity index (χ0n) is 11.6. The molecule has 2 aromatic rings. The van der Waals surface area contributed by atoms with Gasteiger partial charge in [0, 0.05) is 11.9 Å². The maximum Gasteiger partial charge on any atom is 0.321 e. The molecule has 0 fully saturated rings. The third-order valence-corrected chi connectivity index (χ3v) is 3.84. The second-order valence-corrected chi connectivity index (χ2v) is 5.35. The monoisotopic (exact) mass is 303 g/mol. The van der Waals surface area contributed by atoms with Crippen LogP contribution in [0.5, 0.6) is 0 Å². The number of rotatable bonds is 5. The lowest BCUT2D eigenvalue weighted by atomic mass is 10.1. The Kier molecular flexibility index (Phi) is 5.48. The highest BCUT2D eigenvalue weighted by Gasteiger charge is 2.16. The first-order chi connectivity index (χ1) is 10.2. The number of imide groups is 1. The van der Waals surface area contributed by atoms with Gasteiger partial charge in [-0.3, -0.25) is 15.4 Å². The number of hydrogen-bond acceptors (Lipinski definition) is 4. The molecule has 3 N–H and O–H groups in total. The zero-order chi connectivity index (χ0) is 15.1. The molecule has 21 heavy (non-hydrogen) atoms. The fourth-order valence-corrected chi connectivity index (χ4v) is 2.74. The summed E-state index contributed by atoms with van der Waals surface area (Å²) in [6, 6.07) is 13.3. The Bertz CT molecular complexity index is 584. The van der Waals surface area contributed by atoms with Crippen molar-refractivity contribution in [2.45, 2.75) is 6.04 Å². The van der Waals surface area contributed by atoms with E-state index in [0.717, 1.165) is 10.4 Å². The van der Waals surface area contributed by atoms with Gasteiger partial charge in [-0.05, 0) is 17.0 Å².